The van der Waals surface area contributed by atoms with Gasteiger partial charge in [0.2, 0.25) is 5.91 Å². The van der Waals surface area contributed by atoms with Gasteiger partial charge in [0.15, 0.2) is 0 Å². The number of anilines is 1. The number of urea groups is 1. The van der Waals surface area contributed by atoms with E-state index in [1.807, 2.05) is 19.9 Å². The lowest BCUT2D eigenvalue weighted by molar-refractivity contribution is -0.120. The number of carbonyl (C=O) groups is 2. The Bertz CT molecular complexity index is 1110. The van der Waals surface area contributed by atoms with Crippen molar-refractivity contribution in [2.24, 2.45) is 0 Å². The molecule has 3 amide bonds. The number of aromatic nitrogens is 2. The van der Waals surface area contributed by atoms with E-state index in [4.69, 9.17) is 11.6 Å². The first-order valence-electron chi connectivity index (χ1n) is 8.16. The maximum absolute atomic E-state index is 12.4. The first-order valence-corrected chi connectivity index (χ1v) is 8.54. The van der Waals surface area contributed by atoms with Gasteiger partial charge in [-0.05, 0) is 55.3 Å². The monoisotopic (exact) mass is 384 g/mol. The predicted molar refractivity (Wildman–Crippen MR) is 104 cm³/mol. The number of nitrogens with one attached hydrogen (secondary N) is 2. The summed E-state index contributed by atoms with van der Waals surface area (Å²) in [6, 6.07) is 9.50. The van der Waals surface area contributed by atoms with Crippen LogP contribution in [0.25, 0.3) is 10.9 Å². The molecule has 3 aromatic rings. The van der Waals surface area contributed by atoms with Crippen molar-refractivity contribution in [1.29, 1.82) is 0 Å². The lowest BCUT2D eigenvalue weighted by Crippen LogP contribution is -2.38. The van der Waals surface area contributed by atoms with E-state index in [0.717, 1.165) is 15.7 Å². The summed E-state index contributed by atoms with van der Waals surface area (Å²) in [5, 5.41) is 5.48. The molecule has 0 aliphatic heterocycles. The normalized spacial score (nSPS) is 10.6. The number of imide groups is 1. The van der Waals surface area contributed by atoms with Crippen molar-refractivity contribution in [2.45, 2.75) is 20.4 Å². The van der Waals surface area contributed by atoms with E-state index in [-0.39, 0.29) is 6.54 Å². The molecule has 0 spiro atoms. The third kappa shape index (κ3) is 4.32. The molecule has 0 atom stereocenters. The standard InChI is InChI=1S/C19H17ClN4O3/c1-11-3-5-14(7-12(11)2)22-19(27)23-17(25)9-24-10-21-16-6-4-13(20)8-15(16)18(24)26/h3-8,10H,9H2,1-2H3,(H2,22,23,25,27). The fourth-order valence-electron chi connectivity index (χ4n) is 2.55. The molecule has 0 aliphatic rings. The predicted octanol–water partition coefficient (Wildman–Crippen LogP) is 3.02. The maximum Gasteiger partial charge on any atom is 0.325 e. The van der Waals surface area contributed by atoms with Gasteiger partial charge in [0, 0.05) is 10.7 Å². The second-order valence-electron chi connectivity index (χ2n) is 6.14. The van der Waals surface area contributed by atoms with Crippen LogP contribution in [0, 0.1) is 13.8 Å². The summed E-state index contributed by atoms with van der Waals surface area (Å²) in [6.07, 6.45) is 1.26. The highest BCUT2D eigenvalue weighted by molar-refractivity contribution is 6.31. The summed E-state index contributed by atoms with van der Waals surface area (Å²) in [6.45, 7) is 3.55. The zero-order valence-electron chi connectivity index (χ0n) is 14.7. The largest absolute Gasteiger partial charge is 0.325 e. The van der Waals surface area contributed by atoms with Crippen molar-refractivity contribution >= 4 is 40.1 Å². The van der Waals surface area contributed by atoms with Crippen LogP contribution in [-0.2, 0) is 11.3 Å². The maximum atomic E-state index is 12.4. The Balaban J connectivity index is 1.69. The molecule has 8 heteroatoms. The number of hydrogen-bond acceptors (Lipinski definition) is 4. The first-order chi connectivity index (χ1) is 12.8. The van der Waals surface area contributed by atoms with Crippen molar-refractivity contribution in [3.05, 3.63) is 69.2 Å². The topological polar surface area (TPSA) is 93.1 Å². The number of hydrogen-bond donors (Lipinski definition) is 2. The molecule has 138 valence electrons. The molecule has 2 N–H and O–H groups in total. The average molecular weight is 385 g/mol. The fraction of sp³-hybridized carbons (Fsp3) is 0.158. The van der Waals surface area contributed by atoms with E-state index in [2.05, 4.69) is 15.6 Å². The van der Waals surface area contributed by atoms with Crippen LogP contribution in [0.5, 0.6) is 0 Å². The van der Waals surface area contributed by atoms with Crippen LogP contribution < -0.4 is 16.2 Å². The summed E-state index contributed by atoms with van der Waals surface area (Å²) in [5.41, 5.74) is 2.76. The van der Waals surface area contributed by atoms with Crippen molar-refractivity contribution in [2.75, 3.05) is 5.32 Å². The molecule has 1 heterocycles. The minimum atomic E-state index is -0.673. The lowest BCUT2D eigenvalue weighted by Gasteiger charge is -2.10. The number of amides is 3. The Hall–Kier alpha value is -3.19. The van der Waals surface area contributed by atoms with Crippen LogP contribution in [0.4, 0.5) is 10.5 Å². The van der Waals surface area contributed by atoms with Gasteiger partial charge in [0.1, 0.15) is 6.54 Å². The van der Waals surface area contributed by atoms with Crippen LogP contribution in [0.2, 0.25) is 5.02 Å². The molecule has 3 rings (SSSR count). The van der Waals surface area contributed by atoms with E-state index >= 15 is 0 Å². The van der Waals surface area contributed by atoms with Crippen LogP contribution in [0.15, 0.2) is 47.5 Å². The molecule has 0 aliphatic carbocycles. The van der Waals surface area contributed by atoms with Gasteiger partial charge in [-0.25, -0.2) is 9.78 Å². The van der Waals surface area contributed by atoms with Crippen LogP contribution in [0.3, 0.4) is 0 Å². The zero-order chi connectivity index (χ0) is 19.6. The van der Waals surface area contributed by atoms with E-state index in [9.17, 15) is 14.4 Å². The second-order valence-corrected chi connectivity index (χ2v) is 6.58. The molecule has 0 unspecified atom stereocenters. The van der Waals surface area contributed by atoms with Crippen LogP contribution >= 0.6 is 11.6 Å². The Morgan fingerprint density at radius 3 is 2.63 bits per heavy atom. The molecule has 27 heavy (non-hydrogen) atoms. The number of nitrogens with zero attached hydrogens (tertiary/aromatic N) is 2. The van der Waals surface area contributed by atoms with E-state index in [1.165, 1.54) is 12.4 Å². The highest BCUT2D eigenvalue weighted by Crippen LogP contribution is 2.15. The smallest absolute Gasteiger partial charge is 0.308 e. The summed E-state index contributed by atoms with van der Waals surface area (Å²) < 4.78 is 1.12. The Kier molecular flexibility index (Phi) is 5.23. The highest BCUT2D eigenvalue weighted by atomic mass is 35.5. The fourth-order valence-corrected chi connectivity index (χ4v) is 2.72. The Morgan fingerprint density at radius 1 is 1.11 bits per heavy atom. The number of benzene rings is 2. The van der Waals surface area contributed by atoms with Gasteiger partial charge in [-0.15, -0.1) is 0 Å². The Labute approximate surface area is 160 Å². The SMILES string of the molecule is Cc1ccc(NC(=O)NC(=O)Cn2cnc3ccc(Cl)cc3c2=O)cc1C. The minimum absolute atomic E-state index is 0.303. The third-order valence-electron chi connectivity index (χ3n) is 4.12. The summed E-state index contributed by atoms with van der Waals surface area (Å²) >= 11 is 5.91. The van der Waals surface area contributed by atoms with Gasteiger partial charge in [-0.1, -0.05) is 17.7 Å². The quantitative estimate of drug-likeness (QED) is 0.725. The molecule has 7 nitrogen and oxygen atoms in total. The van der Waals surface area contributed by atoms with E-state index in [0.29, 0.717) is 21.6 Å². The van der Waals surface area contributed by atoms with Crippen molar-refractivity contribution in [1.82, 2.24) is 14.9 Å². The zero-order valence-corrected chi connectivity index (χ0v) is 15.5. The van der Waals surface area contributed by atoms with Crippen molar-refractivity contribution < 1.29 is 9.59 Å². The molecular formula is C19H17ClN4O3. The van der Waals surface area contributed by atoms with Gasteiger partial charge in [0.25, 0.3) is 5.56 Å². The van der Waals surface area contributed by atoms with Gasteiger partial charge in [0.05, 0.1) is 17.2 Å². The summed E-state index contributed by atoms with van der Waals surface area (Å²) in [7, 11) is 0. The molecular weight excluding hydrogens is 368 g/mol. The average Bonchev–Trinajstić information content (AvgIpc) is 2.61. The van der Waals surface area contributed by atoms with Crippen LogP contribution in [-0.4, -0.2) is 21.5 Å². The van der Waals surface area contributed by atoms with E-state index < -0.39 is 17.5 Å². The molecule has 0 saturated carbocycles. The summed E-state index contributed by atoms with van der Waals surface area (Å²) in [4.78, 5) is 40.7. The number of halogens is 1. The molecule has 0 fully saturated rings. The second kappa shape index (κ2) is 7.59. The molecule has 2 aromatic carbocycles. The molecule has 0 bridgehead atoms. The van der Waals surface area contributed by atoms with Crippen molar-refractivity contribution in [3.8, 4) is 0 Å². The minimum Gasteiger partial charge on any atom is -0.308 e. The molecule has 0 saturated heterocycles. The number of carbonyl (C=O) groups excluding carboxylic acids is 2. The third-order valence-corrected chi connectivity index (χ3v) is 4.35. The number of aryl methyl sites for hydroxylation is 2. The highest BCUT2D eigenvalue weighted by Gasteiger charge is 2.12. The van der Waals surface area contributed by atoms with Gasteiger partial charge < -0.3 is 5.32 Å². The molecule has 1 aromatic heterocycles. The molecule has 0 radical (unpaired) electrons. The van der Waals surface area contributed by atoms with Gasteiger partial charge >= 0.3 is 6.03 Å². The van der Waals surface area contributed by atoms with E-state index in [1.54, 1.807) is 24.3 Å². The van der Waals surface area contributed by atoms with Gasteiger partial charge in [-0.3, -0.25) is 19.5 Å². The lowest BCUT2D eigenvalue weighted by atomic mass is 10.1. The Morgan fingerprint density at radius 2 is 1.89 bits per heavy atom. The number of rotatable bonds is 3. The van der Waals surface area contributed by atoms with Crippen molar-refractivity contribution in [3.63, 3.8) is 0 Å². The first kappa shape index (κ1) is 18.6. The van der Waals surface area contributed by atoms with Crippen LogP contribution in [0.1, 0.15) is 11.1 Å². The number of fused-ring (bicyclic) bond motifs is 1. The summed E-state index contributed by atoms with van der Waals surface area (Å²) in [5.74, 6) is -0.637. The van der Waals surface area contributed by atoms with Gasteiger partial charge in [-0.2, -0.15) is 0 Å².